The van der Waals surface area contributed by atoms with Gasteiger partial charge in [0.25, 0.3) is 0 Å². The lowest BCUT2D eigenvalue weighted by Crippen LogP contribution is -2.16. The predicted molar refractivity (Wildman–Crippen MR) is 89.1 cm³/mol. The molecule has 0 fully saturated rings. The number of ether oxygens (including phenoxy) is 1. The van der Waals surface area contributed by atoms with Crippen LogP contribution in [0, 0.1) is 18.8 Å². The van der Waals surface area contributed by atoms with Gasteiger partial charge in [0.05, 0.1) is 18.0 Å². The molecule has 0 spiro atoms. The fraction of sp³-hybridized carbons (Fsp3) is 0.500. The zero-order valence-electron chi connectivity index (χ0n) is 14.8. The Hall–Kier alpha value is -2.18. The Labute approximate surface area is 145 Å². The highest BCUT2D eigenvalue weighted by Gasteiger charge is 2.37. The third kappa shape index (κ3) is 5.41. The Balaban J connectivity index is 2.29. The number of hydrogen-bond donors (Lipinski definition) is 0. The molecule has 2 aromatic heterocycles. The zero-order valence-corrected chi connectivity index (χ0v) is 14.8. The first-order chi connectivity index (χ1) is 11.7. The van der Waals surface area contributed by atoms with Crippen molar-refractivity contribution in [2.24, 2.45) is 11.8 Å². The summed E-state index contributed by atoms with van der Waals surface area (Å²) in [6, 6.07) is 4.32. The molecule has 2 heterocycles. The van der Waals surface area contributed by atoms with Crippen molar-refractivity contribution < 1.29 is 17.9 Å². The van der Waals surface area contributed by atoms with Crippen molar-refractivity contribution in [2.45, 2.75) is 40.3 Å². The quantitative estimate of drug-likeness (QED) is 0.739. The first kappa shape index (κ1) is 19.1. The highest BCUT2D eigenvalue weighted by Crippen LogP contribution is 2.36. The standard InChI is InChI=1S/C18H22F3N3O/c1-11(2)9-12(3)10-25-16-6-5-14(24-17(16)18(19,20)21)15-7-8-22-13(4)23-15/h5-8,11-12H,9-10H2,1-4H3. The van der Waals surface area contributed by atoms with E-state index < -0.39 is 11.9 Å². The first-order valence-electron chi connectivity index (χ1n) is 8.18. The van der Waals surface area contributed by atoms with Crippen LogP contribution in [0.2, 0.25) is 0 Å². The molecule has 1 atom stereocenters. The van der Waals surface area contributed by atoms with Crippen LogP contribution in [0.3, 0.4) is 0 Å². The minimum Gasteiger partial charge on any atom is -0.491 e. The number of aromatic nitrogens is 3. The van der Waals surface area contributed by atoms with Gasteiger partial charge in [-0.1, -0.05) is 20.8 Å². The van der Waals surface area contributed by atoms with E-state index in [2.05, 4.69) is 28.8 Å². The van der Waals surface area contributed by atoms with Gasteiger partial charge in [-0.25, -0.2) is 15.0 Å². The average molecular weight is 353 g/mol. The Morgan fingerprint density at radius 1 is 1.04 bits per heavy atom. The van der Waals surface area contributed by atoms with Gasteiger partial charge in [-0.3, -0.25) is 0 Å². The molecule has 4 nitrogen and oxygen atoms in total. The number of pyridine rings is 1. The molecule has 0 aliphatic rings. The van der Waals surface area contributed by atoms with E-state index in [1.807, 2.05) is 6.92 Å². The Morgan fingerprint density at radius 3 is 2.32 bits per heavy atom. The minimum atomic E-state index is -4.60. The Morgan fingerprint density at radius 2 is 1.72 bits per heavy atom. The van der Waals surface area contributed by atoms with Crippen molar-refractivity contribution >= 4 is 0 Å². The van der Waals surface area contributed by atoms with E-state index in [9.17, 15) is 13.2 Å². The third-order valence-corrected chi connectivity index (χ3v) is 3.56. The lowest BCUT2D eigenvalue weighted by molar-refractivity contribution is -0.142. The van der Waals surface area contributed by atoms with Gasteiger partial charge >= 0.3 is 6.18 Å². The molecule has 0 N–H and O–H groups in total. The molecule has 0 aliphatic carbocycles. The largest absolute Gasteiger partial charge is 0.491 e. The SMILES string of the molecule is Cc1nccc(-c2ccc(OCC(C)CC(C)C)c(C(F)(F)F)n2)n1. The summed E-state index contributed by atoms with van der Waals surface area (Å²) in [5, 5.41) is 0. The van der Waals surface area contributed by atoms with Crippen LogP contribution in [0.4, 0.5) is 13.2 Å². The predicted octanol–water partition coefficient (Wildman–Crippen LogP) is 4.93. The van der Waals surface area contributed by atoms with Crippen LogP contribution in [0.15, 0.2) is 24.4 Å². The van der Waals surface area contributed by atoms with Crippen LogP contribution < -0.4 is 4.74 Å². The van der Waals surface area contributed by atoms with Crippen LogP contribution >= 0.6 is 0 Å². The second-order valence-corrected chi connectivity index (χ2v) is 6.58. The van der Waals surface area contributed by atoms with Crippen LogP contribution in [-0.2, 0) is 6.18 Å². The molecule has 7 heteroatoms. The molecule has 0 radical (unpaired) electrons. The van der Waals surface area contributed by atoms with E-state index in [0.717, 1.165) is 6.42 Å². The summed E-state index contributed by atoms with van der Waals surface area (Å²) >= 11 is 0. The lowest BCUT2D eigenvalue weighted by Gasteiger charge is -2.18. The fourth-order valence-electron chi connectivity index (χ4n) is 2.61. The molecule has 0 amide bonds. The topological polar surface area (TPSA) is 47.9 Å². The van der Waals surface area contributed by atoms with Gasteiger partial charge in [-0.05, 0) is 43.4 Å². The molecule has 2 rings (SSSR count). The fourth-order valence-corrected chi connectivity index (χ4v) is 2.61. The van der Waals surface area contributed by atoms with Gasteiger partial charge in [0.1, 0.15) is 11.6 Å². The van der Waals surface area contributed by atoms with Crippen LogP contribution in [-0.4, -0.2) is 21.6 Å². The van der Waals surface area contributed by atoms with Crippen molar-refractivity contribution in [1.82, 2.24) is 15.0 Å². The summed E-state index contributed by atoms with van der Waals surface area (Å²) in [6.07, 6.45) is -2.23. The summed E-state index contributed by atoms with van der Waals surface area (Å²) in [5.41, 5.74) is -0.545. The summed E-state index contributed by atoms with van der Waals surface area (Å²) in [5.74, 6) is 0.834. The van der Waals surface area contributed by atoms with Crippen molar-refractivity contribution in [2.75, 3.05) is 6.61 Å². The number of nitrogens with zero attached hydrogens (tertiary/aromatic N) is 3. The second kappa shape index (κ2) is 7.80. The molecule has 0 saturated carbocycles. The van der Waals surface area contributed by atoms with Crippen LogP contribution in [0.25, 0.3) is 11.4 Å². The molecular weight excluding hydrogens is 331 g/mol. The van der Waals surface area contributed by atoms with E-state index in [-0.39, 0.29) is 24.0 Å². The molecular formula is C18H22F3N3O. The number of hydrogen-bond acceptors (Lipinski definition) is 4. The number of alkyl halides is 3. The smallest absolute Gasteiger partial charge is 0.437 e. The molecule has 1 unspecified atom stereocenters. The molecule has 0 aliphatic heterocycles. The number of aryl methyl sites for hydroxylation is 1. The van der Waals surface area contributed by atoms with E-state index in [4.69, 9.17) is 4.74 Å². The van der Waals surface area contributed by atoms with Crippen molar-refractivity contribution in [1.29, 1.82) is 0 Å². The monoisotopic (exact) mass is 353 g/mol. The van der Waals surface area contributed by atoms with E-state index >= 15 is 0 Å². The maximum atomic E-state index is 13.4. The van der Waals surface area contributed by atoms with Crippen molar-refractivity contribution in [3.8, 4) is 17.1 Å². The molecule has 0 bridgehead atoms. The number of rotatable bonds is 6. The number of halogens is 3. The van der Waals surface area contributed by atoms with Gasteiger partial charge in [0.2, 0.25) is 0 Å². The highest BCUT2D eigenvalue weighted by atomic mass is 19.4. The molecule has 0 saturated heterocycles. The van der Waals surface area contributed by atoms with Crippen molar-refractivity contribution in [3.63, 3.8) is 0 Å². The van der Waals surface area contributed by atoms with E-state index in [1.165, 1.54) is 24.4 Å². The molecule has 2 aromatic rings. The maximum Gasteiger partial charge on any atom is 0.437 e. The van der Waals surface area contributed by atoms with Crippen molar-refractivity contribution in [3.05, 3.63) is 35.9 Å². The highest BCUT2D eigenvalue weighted by molar-refractivity contribution is 5.55. The van der Waals surface area contributed by atoms with Gasteiger partial charge in [0.15, 0.2) is 5.69 Å². The Bertz CT molecular complexity index is 717. The van der Waals surface area contributed by atoms with Crippen LogP contribution in [0.1, 0.15) is 38.7 Å². The third-order valence-electron chi connectivity index (χ3n) is 3.56. The summed E-state index contributed by atoms with van der Waals surface area (Å²) < 4.78 is 45.6. The van der Waals surface area contributed by atoms with Gasteiger partial charge in [-0.2, -0.15) is 13.2 Å². The summed E-state index contributed by atoms with van der Waals surface area (Å²) in [6.45, 7) is 7.98. The normalized spacial score (nSPS) is 13.1. The zero-order chi connectivity index (χ0) is 18.6. The van der Waals surface area contributed by atoms with Gasteiger partial charge in [0, 0.05) is 6.20 Å². The maximum absolute atomic E-state index is 13.4. The summed E-state index contributed by atoms with van der Waals surface area (Å²) in [7, 11) is 0. The summed E-state index contributed by atoms with van der Waals surface area (Å²) in [4.78, 5) is 11.8. The molecule has 0 aromatic carbocycles. The van der Waals surface area contributed by atoms with E-state index in [1.54, 1.807) is 6.92 Å². The molecule has 136 valence electrons. The van der Waals surface area contributed by atoms with Gasteiger partial charge < -0.3 is 4.74 Å². The van der Waals surface area contributed by atoms with Crippen LogP contribution in [0.5, 0.6) is 5.75 Å². The van der Waals surface area contributed by atoms with E-state index in [0.29, 0.717) is 17.4 Å². The lowest BCUT2D eigenvalue weighted by atomic mass is 10.00. The first-order valence-corrected chi connectivity index (χ1v) is 8.18. The second-order valence-electron chi connectivity index (χ2n) is 6.58. The Kier molecular flexibility index (Phi) is 5.98. The molecule has 25 heavy (non-hydrogen) atoms. The van der Waals surface area contributed by atoms with Gasteiger partial charge in [-0.15, -0.1) is 0 Å². The minimum absolute atomic E-state index is 0.139. The average Bonchev–Trinajstić information content (AvgIpc) is 2.51.